The molecule has 1 aromatic rings. The molecule has 0 spiro atoms. The maximum atomic E-state index is 11.4. The molecule has 0 radical (unpaired) electrons. The molecule has 0 saturated carbocycles. The molecule has 0 heterocycles. The molecule has 110 valence electrons. The second-order valence-corrected chi connectivity index (χ2v) is 4.30. The summed E-state index contributed by atoms with van der Waals surface area (Å²) >= 11 is 0. The van der Waals surface area contributed by atoms with Gasteiger partial charge in [-0.15, -0.1) is 0 Å². The Bertz CT molecular complexity index is 422. The van der Waals surface area contributed by atoms with E-state index >= 15 is 0 Å². The summed E-state index contributed by atoms with van der Waals surface area (Å²) in [4.78, 5) is 22.7. The van der Waals surface area contributed by atoms with Gasteiger partial charge in [0.15, 0.2) is 0 Å². The molecule has 0 aliphatic heterocycles. The third-order valence-electron chi connectivity index (χ3n) is 2.61. The van der Waals surface area contributed by atoms with Crippen LogP contribution < -0.4 is 10.6 Å². The standard InChI is InChI=1S/C14H20N2O4/c1-20-8-7-15-13(18)14(19)16-10-12(17)9-11-5-3-2-4-6-11/h2-6,12,17H,7-10H2,1H3,(H,15,18)(H,16,19). The first kappa shape index (κ1) is 16.1. The highest BCUT2D eigenvalue weighted by molar-refractivity contribution is 6.35. The summed E-state index contributed by atoms with van der Waals surface area (Å²) in [5.74, 6) is -1.48. The lowest BCUT2D eigenvalue weighted by Gasteiger charge is -2.12. The Morgan fingerprint density at radius 1 is 1.20 bits per heavy atom. The summed E-state index contributed by atoms with van der Waals surface area (Å²) in [6.07, 6.45) is -0.306. The molecule has 1 atom stereocenters. The van der Waals surface area contributed by atoms with Crippen molar-refractivity contribution in [3.05, 3.63) is 35.9 Å². The van der Waals surface area contributed by atoms with Gasteiger partial charge in [0.2, 0.25) is 0 Å². The third kappa shape index (κ3) is 6.31. The van der Waals surface area contributed by atoms with E-state index in [-0.39, 0.29) is 13.1 Å². The fourth-order valence-electron chi connectivity index (χ4n) is 1.60. The quantitative estimate of drug-likeness (QED) is 0.463. The molecule has 0 bridgehead atoms. The minimum Gasteiger partial charge on any atom is -0.391 e. The number of rotatable bonds is 7. The van der Waals surface area contributed by atoms with Crippen molar-refractivity contribution in [1.29, 1.82) is 0 Å². The number of hydrogen-bond donors (Lipinski definition) is 3. The van der Waals surface area contributed by atoms with Gasteiger partial charge in [-0.05, 0) is 5.56 Å². The predicted octanol–water partition coefficient (Wildman–Crippen LogP) is -0.531. The van der Waals surface area contributed by atoms with Crippen molar-refractivity contribution < 1.29 is 19.4 Å². The highest BCUT2D eigenvalue weighted by atomic mass is 16.5. The van der Waals surface area contributed by atoms with Crippen LogP contribution in [0.25, 0.3) is 0 Å². The van der Waals surface area contributed by atoms with E-state index in [9.17, 15) is 14.7 Å². The maximum Gasteiger partial charge on any atom is 0.309 e. The van der Waals surface area contributed by atoms with E-state index in [1.165, 1.54) is 7.11 Å². The Hall–Kier alpha value is -1.92. The van der Waals surface area contributed by atoms with Gasteiger partial charge < -0.3 is 20.5 Å². The number of ether oxygens (including phenoxy) is 1. The van der Waals surface area contributed by atoms with Crippen molar-refractivity contribution in [2.45, 2.75) is 12.5 Å². The van der Waals surface area contributed by atoms with E-state index in [0.717, 1.165) is 5.56 Å². The number of carbonyl (C=O) groups is 2. The zero-order valence-corrected chi connectivity index (χ0v) is 11.5. The van der Waals surface area contributed by atoms with Crippen LogP contribution in [0.4, 0.5) is 0 Å². The lowest BCUT2D eigenvalue weighted by Crippen LogP contribution is -2.43. The molecular weight excluding hydrogens is 260 g/mol. The van der Waals surface area contributed by atoms with Crippen LogP contribution in [0.1, 0.15) is 5.56 Å². The third-order valence-corrected chi connectivity index (χ3v) is 2.61. The first-order valence-electron chi connectivity index (χ1n) is 6.40. The molecule has 0 aliphatic carbocycles. The van der Waals surface area contributed by atoms with Crippen LogP contribution in [0.2, 0.25) is 0 Å². The molecular formula is C14H20N2O4. The van der Waals surface area contributed by atoms with Gasteiger partial charge in [0, 0.05) is 26.6 Å². The van der Waals surface area contributed by atoms with Crippen molar-refractivity contribution in [3.63, 3.8) is 0 Å². The smallest absolute Gasteiger partial charge is 0.309 e. The van der Waals surface area contributed by atoms with Crippen molar-refractivity contribution in [2.24, 2.45) is 0 Å². The van der Waals surface area contributed by atoms with Crippen LogP contribution in [-0.4, -0.2) is 49.8 Å². The number of amides is 2. The van der Waals surface area contributed by atoms with E-state index in [4.69, 9.17) is 4.74 Å². The van der Waals surface area contributed by atoms with Gasteiger partial charge in [-0.25, -0.2) is 0 Å². The fraction of sp³-hybridized carbons (Fsp3) is 0.429. The van der Waals surface area contributed by atoms with Crippen molar-refractivity contribution >= 4 is 11.8 Å². The molecule has 0 aliphatic rings. The summed E-state index contributed by atoms with van der Waals surface area (Å²) in [5, 5.41) is 14.6. The zero-order chi connectivity index (χ0) is 14.8. The molecule has 1 rings (SSSR count). The van der Waals surface area contributed by atoms with Gasteiger partial charge in [0.1, 0.15) is 0 Å². The summed E-state index contributed by atoms with van der Waals surface area (Å²) in [6, 6.07) is 9.43. The summed E-state index contributed by atoms with van der Waals surface area (Å²) in [6.45, 7) is 0.649. The minimum atomic E-state index is -0.756. The topological polar surface area (TPSA) is 87.7 Å². The van der Waals surface area contributed by atoms with Gasteiger partial charge >= 0.3 is 11.8 Å². The van der Waals surface area contributed by atoms with Gasteiger partial charge in [-0.3, -0.25) is 9.59 Å². The largest absolute Gasteiger partial charge is 0.391 e. The molecule has 3 N–H and O–H groups in total. The second-order valence-electron chi connectivity index (χ2n) is 4.30. The van der Waals surface area contributed by atoms with E-state index in [0.29, 0.717) is 13.0 Å². The molecule has 0 aromatic heterocycles. The molecule has 0 saturated heterocycles. The van der Waals surface area contributed by atoms with Gasteiger partial charge in [-0.2, -0.15) is 0 Å². The van der Waals surface area contributed by atoms with Crippen molar-refractivity contribution in [1.82, 2.24) is 10.6 Å². The van der Waals surface area contributed by atoms with Crippen LogP contribution in [0.3, 0.4) is 0 Å². The molecule has 1 aromatic carbocycles. The van der Waals surface area contributed by atoms with Crippen LogP contribution in [-0.2, 0) is 20.7 Å². The number of benzene rings is 1. The summed E-state index contributed by atoms with van der Waals surface area (Å²) < 4.78 is 4.75. The van der Waals surface area contributed by atoms with Gasteiger partial charge in [-0.1, -0.05) is 30.3 Å². The minimum absolute atomic E-state index is 0.0332. The average Bonchev–Trinajstić information content (AvgIpc) is 2.46. The number of nitrogens with one attached hydrogen (secondary N) is 2. The van der Waals surface area contributed by atoms with E-state index in [1.807, 2.05) is 30.3 Å². The Labute approximate surface area is 118 Å². The second kappa shape index (κ2) is 9.06. The van der Waals surface area contributed by atoms with Crippen LogP contribution in [0.15, 0.2) is 30.3 Å². The predicted molar refractivity (Wildman–Crippen MR) is 74.0 cm³/mol. The number of hydrogen-bond acceptors (Lipinski definition) is 4. The molecule has 1 unspecified atom stereocenters. The summed E-state index contributed by atoms with van der Waals surface area (Å²) in [7, 11) is 1.51. The maximum absolute atomic E-state index is 11.4. The number of carbonyl (C=O) groups excluding carboxylic acids is 2. The Morgan fingerprint density at radius 3 is 2.50 bits per heavy atom. The number of aliphatic hydroxyl groups is 1. The first-order valence-corrected chi connectivity index (χ1v) is 6.40. The number of methoxy groups -OCH3 is 1. The first-order chi connectivity index (χ1) is 9.63. The molecule has 6 nitrogen and oxygen atoms in total. The summed E-state index contributed by atoms with van der Waals surface area (Å²) in [5.41, 5.74) is 0.971. The lowest BCUT2D eigenvalue weighted by atomic mass is 10.1. The highest BCUT2D eigenvalue weighted by Gasteiger charge is 2.14. The zero-order valence-electron chi connectivity index (χ0n) is 11.5. The highest BCUT2D eigenvalue weighted by Crippen LogP contribution is 2.02. The Balaban J connectivity index is 2.24. The molecule has 0 fully saturated rings. The number of aliphatic hydroxyl groups excluding tert-OH is 1. The van der Waals surface area contributed by atoms with Crippen LogP contribution in [0.5, 0.6) is 0 Å². The van der Waals surface area contributed by atoms with E-state index in [1.54, 1.807) is 0 Å². The van der Waals surface area contributed by atoms with Crippen LogP contribution in [0, 0.1) is 0 Å². The van der Waals surface area contributed by atoms with Crippen molar-refractivity contribution in [3.8, 4) is 0 Å². The van der Waals surface area contributed by atoms with E-state index in [2.05, 4.69) is 10.6 Å². The van der Waals surface area contributed by atoms with Crippen LogP contribution >= 0.6 is 0 Å². The molecule has 6 heteroatoms. The van der Waals surface area contributed by atoms with Gasteiger partial charge in [0.05, 0.1) is 12.7 Å². The fourth-order valence-corrected chi connectivity index (χ4v) is 1.60. The normalized spacial score (nSPS) is 11.7. The molecule has 2 amide bonds. The Morgan fingerprint density at radius 2 is 1.85 bits per heavy atom. The van der Waals surface area contributed by atoms with Gasteiger partial charge in [0.25, 0.3) is 0 Å². The van der Waals surface area contributed by atoms with E-state index < -0.39 is 17.9 Å². The van der Waals surface area contributed by atoms with Crippen molar-refractivity contribution in [2.75, 3.05) is 26.8 Å². The average molecular weight is 280 g/mol. The lowest BCUT2D eigenvalue weighted by molar-refractivity contribution is -0.139. The Kier molecular flexibility index (Phi) is 7.31. The SMILES string of the molecule is COCCNC(=O)C(=O)NCC(O)Cc1ccccc1. The monoisotopic (exact) mass is 280 g/mol. The molecule has 20 heavy (non-hydrogen) atoms.